The van der Waals surface area contributed by atoms with Gasteiger partial charge in [-0.1, -0.05) is 6.07 Å². The van der Waals surface area contributed by atoms with Crippen molar-refractivity contribution in [2.75, 3.05) is 26.2 Å². The molecule has 2 fully saturated rings. The third kappa shape index (κ3) is 5.21. The zero-order valence-electron chi connectivity index (χ0n) is 17.7. The van der Waals surface area contributed by atoms with Crippen LogP contribution in [0.2, 0.25) is 0 Å². The normalized spacial score (nSPS) is 17.8. The van der Waals surface area contributed by atoms with E-state index in [2.05, 4.69) is 5.32 Å². The summed E-state index contributed by atoms with van der Waals surface area (Å²) >= 11 is 0. The van der Waals surface area contributed by atoms with Crippen molar-refractivity contribution in [3.8, 4) is 6.07 Å². The maximum atomic E-state index is 13.3. The molecule has 0 bridgehead atoms. The van der Waals surface area contributed by atoms with Crippen LogP contribution in [0.1, 0.15) is 43.9 Å². The quantitative estimate of drug-likeness (QED) is 0.763. The first-order valence-corrected chi connectivity index (χ1v) is 9.93. The third-order valence-corrected chi connectivity index (χ3v) is 5.40. The molecule has 0 unspecified atom stereocenters. The van der Waals surface area contributed by atoms with Crippen LogP contribution in [0.3, 0.4) is 0 Å². The van der Waals surface area contributed by atoms with Gasteiger partial charge >= 0.3 is 18.3 Å². The van der Waals surface area contributed by atoms with Gasteiger partial charge in [0.15, 0.2) is 0 Å². The number of carbonyl (C=O) groups excluding carboxylic acids is 2. The zero-order chi connectivity index (χ0) is 23.0. The Balaban J connectivity index is 1.54. The number of alkyl halides is 3. The van der Waals surface area contributed by atoms with Crippen LogP contribution in [0.4, 0.5) is 22.8 Å². The van der Waals surface area contributed by atoms with Gasteiger partial charge < -0.3 is 19.9 Å². The lowest BCUT2D eigenvalue weighted by Crippen LogP contribution is -2.61. The summed E-state index contributed by atoms with van der Waals surface area (Å²) < 4.78 is 45.1. The van der Waals surface area contributed by atoms with E-state index in [0.29, 0.717) is 26.2 Å². The van der Waals surface area contributed by atoms with Crippen LogP contribution in [0, 0.1) is 16.7 Å². The zero-order valence-corrected chi connectivity index (χ0v) is 17.7. The lowest BCUT2D eigenvalue weighted by Gasteiger charge is -2.47. The van der Waals surface area contributed by atoms with Crippen LogP contribution >= 0.6 is 0 Å². The molecule has 1 spiro atoms. The number of ether oxygens (including phenoxy) is 1. The Kier molecular flexibility index (Phi) is 5.82. The summed E-state index contributed by atoms with van der Waals surface area (Å²) in [7, 11) is 0. The second-order valence-corrected chi connectivity index (χ2v) is 9.15. The van der Waals surface area contributed by atoms with Gasteiger partial charge in [-0.25, -0.2) is 9.59 Å². The average Bonchev–Trinajstić information content (AvgIpc) is 3.08. The van der Waals surface area contributed by atoms with Crippen LogP contribution in [0.5, 0.6) is 0 Å². The van der Waals surface area contributed by atoms with Gasteiger partial charge in [0.1, 0.15) is 5.60 Å². The van der Waals surface area contributed by atoms with Crippen LogP contribution < -0.4 is 5.32 Å². The van der Waals surface area contributed by atoms with Gasteiger partial charge in [-0.2, -0.15) is 18.4 Å². The van der Waals surface area contributed by atoms with E-state index in [1.54, 1.807) is 31.7 Å². The molecule has 1 N–H and O–H groups in total. The molecule has 31 heavy (non-hydrogen) atoms. The second-order valence-electron chi connectivity index (χ2n) is 9.15. The predicted octanol–water partition coefficient (Wildman–Crippen LogP) is 3.73. The summed E-state index contributed by atoms with van der Waals surface area (Å²) in [5.41, 5.74) is -1.91. The summed E-state index contributed by atoms with van der Waals surface area (Å²) in [4.78, 5) is 27.8. The molecule has 2 saturated heterocycles. The molecule has 2 heterocycles. The number of likely N-dealkylation sites (tertiary alicyclic amines) is 2. The molecule has 2 aliphatic rings. The summed E-state index contributed by atoms with van der Waals surface area (Å²) in [6.45, 7) is 6.98. The number of benzene rings is 1. The molecule has 7 nitrogen and oxygen atoms in total. The van der Waals surface area contributed by atoms with E-state index in [0.717, 1.165) is 12.5 Å². The van der Waals surface area contributed by atoms with Crippen LogP contribution in [0.15, 0.2) is 18.2 Å². The molecule has 168 valence electrons. The number of carbonyl (C=O) groups is 2. The van der Waals surface area contributed by atoms with Crippen molar-refractivity contribution in [2.45, 2.75) is 45.5 Å². The monoisotopic (exact) mass is 438 g/mol. The largest absolute Gasteiger partial charge is 0.444 e. The van der Waals surface area contributed by atoms with Crippen molar-refractivity contribution in [1.82, 2.24) is 15.1 Å². The van der Waals surface area contributed by atoms with Crippen molar-refractivity contribution in [3.05, 3.63) is 34.9 Å². The lowest BCUT2D eigenvalue weighted by atomic mass is 9.79. The number of hydrogen-bond acceptors (Lipinski definition) is 4. The highest BCUT2D eigenvalue weighted by molar-refractivity contribution is 5.75. The Morgan fingerprint density at radius 2 is 1.84 bits per heavy atom. The Morgan fingerprint density at radius 1 is 1.19 bits per heavy atom. The SMILES string of the molecule is CC(C)(C)OC(=O)N1CCC2(CN(C(=O)NCc3ccc(C#N)cc3C(F)(F)F)C2)C1. The van der Waals surface area contributed by atoms with E-state index in [1.807, 2.05) is 0 Å². The Hall–Kier alpha value is -2.96. The van der Waals surface area contributed by atoms with E-state index in [1.165, 1.54) is 17.0 Å². The molecule has 1 aromatic carbocycles. The number of nitrogens with zero attached hydrogens (tertiary/aromatic N) is 3. The predicted molar refractivity (Wildman–Crippen MR) is 105 cm³/mol. The minimum Gasteiger partial charge on any atom is -0.444 e. The molecule has 0 radical (unpaired) electrons. The van der Waals surface area contributed by atoms with Gasteiger partial charge in [0.05, 0.1) is 17.2 Å². The van der Waals surface area contributed by atoms with Gasteiger partial charge in [-0.05, 0) is 44.9 Å². The molecule has 2 aliphatic heterocycles. The molecule has 0 aliphatic carbocycles. The van der Waals surface area contributed by atoms with Crippen molar-refractivity contribution in [3.63, 3.8) is 0 Å². The highest BCUT2D eigenvalue weighted by Crippen LogP contribution is 2.40. The Morgan fingerprint density at radius 3 is 2.42 bits per heavy atom. The molecular weight excluding hydrogens is 413 g/mol. The minimum atomic E-state index is -4.62. The van der Waals surface area contributed by atoms with Crippen LogP contribution in [0.25, 0.3) is 0 Å². The standard InChI is InChI=1S/C21H25F3N4O3/c1-19(2,3)31-18(30)27-7-6-20(11-27)12-28(13-20)17(29)26-10-15-5-4-14(9-25)8-16(15)21(22,23)24/h4-5,8H,6-7,10-13H2,1-3H3,(H,26,29). The van der Waals surface area contributed by atoms with Crippen LogP contribution in [-0.4, -0.2) is 53.7 Å². The lowest BCUT2D eigenvalue weighted by molar-refractivity contribution is -0.138. The van der Waals surface area contributed by atoms with E-state index in [9.17, 15) is 22.8 Å². The maximum absolute atomic E-state index is 13.3. The Labute approximate surface area is 178 Å². The highest BCUT2D eigenvalue weighted by Gasteiger charge is 2.50. The number of hydrogen-bond donors (Lipinski definition) is 1. The number of nitriles is 1. The fourth-order valence-corrected chi connectivity index (χ4v) is 3.93. The molecule has 0 aromatic heterocycles. The molecule has 0 atom stereocenters. The van der Waals surface area contributed by atoms with Crippen molar-refractivity contribution in [2.24, 2.45) is 5.41 Å². The Bertz CT molecular complexity index is 912. The van der Waals surface area contributed by atoms with Crippen molar-refractivity contribution >= 4 is 12.1 Å². The number of rotatable bonds is 2. The second kappa shape index (κ2) is 7.94. The van der Waals surface area contributed by atoms with E-state index < -0.39 is 23.4 Å². The first kappa shape index (κ1) is 22.7. The van der Waals surface area contributed by atoms with Gasteiger partial charge in [0.25, 0.3) is 0 Å². The topological polar surface area (TPSA) is 85.7 Å². The number of nitrogens with one attached hydrogen (secondary N) is 1. The fourth-order valence-electron chi connectivity index (χ4n) is 3.93. The first-order chi connectivity index (χ1) is 14.3. The number of halogens is 3. The summed E-state index contributed by atoms with van der Waals surface area (Å²) in [5.74, 6) is 0. The molecule has 3 rings (SSSR count). The number of urea groups is 1. The first-order valence-electron chi connectivity index (χ1n) is 9.93. The number of amides is 3. The van der Waals surface area contributed by atoms with Gasteiger partial charge in [-0.15, -0.1) is 0 Å². The highest BCUT2D eigenvalue weighted by atomic mass is 19.4. The van der Waals surface area contributed by atoms with Crippen LogP contribution in [-0.2, 0) is 17.5 Å². The van der Waals surface area contributed by atoms with E-state index >= 15 is 0 Å². The van der Waals surface area contributed by atoms with Gasteiger partial charge in [-0.3, -0.25) is 0 Å². The maximum Gasteiger partial charge on any atom is 0.416 e. The van der Waals surface area contributed by atoms with E-state index in [-0.39, 0.29) is 29.2 Å². The molecule has 10 heteroatoms. The molecule has 1 aromatic rings. The molecule has 3 amide bonds. The smallest absolute Gasteiger partial charge is 0.416 e. The van der Waals surface area contributed by atoms with E-state index in [4.69, 9.17) is 10.00 Å². The third-order valence-electron chi connectivity index (χ3n) is 5.40. The van der Waals surface area contributed by atoms with Gasteiger partial charge in [0, 0.05) is 38.1 Å². The fraction of sp³-hybridized carbons (Fsp3) is 0.571. The average molecular weight is 438 g/mol. The molecular formula is C21H25F3N4O3. The van der Waals surface area contributed by atoms with Gasteiger partial charge in [0.2, 0.25) is 0 Å². The van der Waals surface area contributed by atoms with Crippen molar-refractivity contribution in [1.29, 1.82) is 5.26 Å². The summed E-state index contributed by atoms with van der Waals surface area (Å²) in [6.07, 6.45) is -4.26. The molecule has 0 saturated carbocycles. The minimum absolute atomic E-state index is 0.0946. The van der Waals surface area contributed by atoms with Crippen molar-refractivity contribution < 1.29 is 27.5 Å². The summed E-state index contributed by atoms with van der Waals surface area (Å²) in [5, 5.41) is 11.4. The summed E-state index contributed by atoms with van der Waals surface area (Å²) in [6, 6.07) is 4.50.